The van der Waals surface area contributed by atoms with Crippen LogP contribution in [0.2, 0.25) is 0 Å². The van der Waals surface area contributed by atoms with Gasteiger partial charge in [0, 0.05) is 0 Å². The molecule has 0 aliphatic heterocycles. The predicted octanol–water partition coefficient (Wildman–Crippen LogP) is 0.187. The topological polar surface area (TPSA) is 57.9 Å². The number of nitrogens with one attached hydrogen (secondary N) is 1. The van der Waals surface area contributed by atoms with Crippen LogP contribution in [0.5, 0.6) is 0 Å². The number of rotatable bonds is 3. The van der Waals surface area contributed by atoms with Crippen LogP contribution in [0.15, 0.2) is 12.7 Å². The minimum absolute atomic E-state index is 0.329. The molecule has 0 fully saturated rings. The molecule has 3 heteroatoms. The molecule has 0 aromatic carbocycles. The van der Waals surface area contributed by atoms with Gasteiger partial charge in [-0.25, -0.2) is 0 Å². The first-order chi connectivity index (χ1) is 4.09. The molecule has 1 radical (unpaired) electrons. The summed E-state index contributed by atoms with van der Waals surface area (Å²) in [6.07, 6.45) is 1.18. The highest BCUT2D eigenvalue weighted by Crippen LogP contribution is 1.97. The summed E-state index contributed by atoms with van der Waals surface area (Å²) < 4.78 is 0. The predicted molar refractivity (Wildman–Crippen MR) is 32.5 cm³/mol. The molecule has 0 spiro atoms. The van der Waals surface area contributed by atoms with Crippen LogP contribution < -0.4 is 5.73 Å². The Bertz CT molecular complexity index is 137. The lowest BCUT2D eigenvalue weighted by Gasteiger charge is -1.98. The van der Waals surface area contributed by atoms with Gasteiger partial charge in [0.05, 0.1) is 0 Å². The van der Waals surface area contributed by atoms with E-state index in [2.05, 4.69) is 6.58 Å². The summed E-state index contributed by atoms with van der Waals surface area (Å²) in [7, 11) is 0. The molecule has 0 aromatic heterocycles. The number of carbonyl (C=O) groups is 2. The molecular weight excluding hydrogens is 118 g/mol. The van der Waals surface area contributed by atoms with Crippen LogP contribution in [0.25, 0.3) is 0 Å². The van der Waals surface area contributed by atoms with E-state index in [1.807, 2.05) is 0 Å². The lowest BCUT2D eigenvalue weighted by Crippen LogP contribution is -2.19. The van der Waals surface area contributed by atoms with Crippen LogP contribution in [0.1, 0.15) is 6.92 Å². The first kappa shape index (κ1) is 7.88. The summed E-state index contributed by atoms with van der Waals surface area (Å²) in [5, 5.41) is 0. The van der Waals surface area contributed by atoms with Crippen molar-refractivity contribution in [2.45, 2.75) is 6.92 Å². The minimum Gasteiger partial charge on any atom is -0.299 e. The largest absolute Gasteiger partial charge is 0.299 e. The molecule has 0 aliphatic rings. The molecule has 1 amide bonds. The van der Waals surface area contributed by atoms with Crippen LogP contribution in [-0.4, -0.2) is 11.7 Å². The lowest BCUT2D eigenvalue weighted by atomic mass is 10.1. The molecule has 0 saturated carbocycles. The van der Waals surface area contributed by atoms with Crippen molar-refractivity contribution in [3.63, 3.8) is 0 Å². The normalized spacial score (nSPS) is 12.1. The van der Waals surface area contributed by atoms with Crippen molar-refractivity contribution in [3.8, 4) is 0 Å². The maximum Gasteiger partial charge on any atom is 0.252 e. The van der Waals surface area contributed by atoms with Gasteiger partial charge in [-0.1, -0.05) is 6.08 Å². The van der Waals surface area contributed by atoms with Gasteiger partial charge in [-0.05, 0) is 6.92 Å². The Balaban J connectivity index is 4.16. The summed E-state index contributed by atoms with van der Waals surface area (Å²) in [5.74, 6) is -2.15. The number of hydrogen-bond acceptors (Lipinski definition) is 2. The third kappa shape index (κ3) is 2.08. The summed E-state index contributed by atoms with van der Waals surface area (Å²) in [6, 6.07) is 0. The zero-order chi connectivity index (χ0) is 7.44. The average molecular weight is 126 g/mol. The van der Waals surface area contributed by atoms with Crippen molar-refractivity contribution in [2.75, 3.05) is 0 Å². The Morgan fingerprint density at radius 3 is 2.11 bits per heavy atom. The van der Waals surface area contributed by atoms with E-state index in [0.717, 1.165) is 0 Å². The average Bonchev–Trinajstić information content (AvgIpc) is 1.64. The third-order valence-electron chi connectivity index (χ3n) is 0.956. The fraction of sp³-hybridized carbons (Fsp3) is 0.333. The van der Waals surface area contributed by atoms with Crippen LogP contribution in [0.4, 0.5) is 0 Å². The van der Waals surface area contributed by atoms with E-state index in [1.54, 1.807) is 0 Å². The standard InChI is InChI=1S/C6H8NO2/c1-3-5(4(2)8)6(7)9/h3,5,7H,1H2,2H3. The van der Waals surface area contributed by atoms with E-state index in [-0.39, 0.29) is 5.78 Å². The van der Waals surface area contributed by atoms with E-state index in [4.69, 9.17) is 5.73 Å². The van der Waals surface area contributed by atoms with Crippen molar-refractivity contribution in [3.05, 3.63) is 12.7 Å². The van der Waals surface area contributed by atoms with Gasteiger partial charge in [0.25, 0.3) is 5.91 Å². The van der Waals surface area contributed by atoms with Gasteiger partial charge in [0.2, 0.25) is 0 Å². The Kier molecular flexibility index (Phi) is 2.64. The van der Waals surface area contributed by atoms with Crippen LogP contribution in [-0.2, 0) is 9.59 Å². The number of Topliss-reactive ketones (excluding diaryl/α,β-unsaturated/α-hetero) is 1. The highest BCUT2D eigenvalue weighted by atomic mass is 16.2. The van der Waals surface area contributed by atoms with Crippen LogP contribution >= 0.6 is 0 Å². The molecule has 1 atom stereocenters. The second-order valence-corrected chi connectivity index (χ2v) is 1.69. The highest BCUT2D eigenvalue weighted by Gasteiger charge is 2.15. The highest BCUT2D eigenvalue weighted by molar-refractivity contribution is 6.00. The molecule has 3 nitrogen and oxygen atoms in total. The number of ketones is 1. The van der Waals surface area contributed by atoms with Gasteiger partial charge in [-0.15, -0.1) is 6.58 Å². The molecule has 1 N–H and O–H groups in total. The molecule has 0 saturated heterocycles. The number of carbonyl (C=O) groups excluding carboxylic acids is 2. The monoisotopic (exact) mass is 126 g/mol. The van der Waals surface area contributed by atoms with Crippen molar-refractivity contribution >= 4 is 11.7 Å². The van der Waals surface area contributed by atoms with Gasteiger partial charge >= 0.3 is 0 Å². The molecule has 0 rings (SSSR count). The van der Waals surface area contributed by atoms with E-state index in [1.165, 1.54) is 13.0 Å². The summed E-state index contributed by atoms with van der Waals surface area (Å²) >= 11 is 0. The van der Waals surface area contributed by atoms with Gasteiger partial charge < -0.3 is 0 Å². The van der Waals surface area contributed by atoms with Crippen molar-refractivity contribution in [1.29, 1.82) is 0 Å². The first-order valence-electron chi connectivity index (χ1n) is 2.48. The Morgan fingerprint density at radius 2 is 2.11 bits per heavy atom. The lowest BCUT2D eigenvalue weighted by molar-refractivity contribution is -0.129. The van der Waals surface area contributed by atoms with Gasteiger partial charge in [-0.3, -0.25) is 15.3 Å². The van der Waals surface area contributed by atoms with E-state index in [9.17, 15) is 9.59 Å². The summed E-state index contributed by atoms with van der Waals surface area (Å²) in [6.45, 7) is 4.50. The SMILES string of the molecule is C=CC(C(C)=O)C([NH])=O. The molecule has 1 unspecified atom stereocenters. The third-order valence-corrected chi connectivity index (χ3v) is 0.956. The molecule has 0 aromatic rings. The van der Waals surface area contributed by atoms with E-state index >= 15 is 0 Å². The van der Waals surface area contributed by atoms with E-state index in [0.29, 0.717) is 0 Å². The Labute approximate surface area is 53.5 Å². The zero-order valence-corrected chi connectivity index (χ0v) is 5.18. The number of amides is 1. The fourth-order valence-corrected chi connectivity index (χ4v) is 0.458. The molecule has 9 heavy (non-hydrogen) atoms. The van der Waals surface area contributed by atoms with E-state index < -0.39 is 11.8 Å². The van der Waals surface area contributed by atoms with Crippen LogP contribution in [0, 0.1) is 5.92 Å². The van der Waals surface area contributed by atoms with Crippen LogP contribution in [0.3, 0.4) is 0 Å². The second-order valence-electron chi connectivity index (χ2n) is 1.69. The smallest absolute Gasteiger partial charge is 0.252 e. The maximum atomic E-state index is 10.4. The molecule has 0 heterocycles. The minimum atomic E-state index is -0.926. The van der Waals surface area contributed by atoms with Crippen molar-refractivity contribution in [2.24, 2.45) is 5.92 Å². The Hall–Kier alpha value is -1.12. The van der Waals surface area contributed by atoms with Gasteiger partial charge in [0.1, 0.15) is 11.7 Å². The molecule has 0 aliphatic carbocycles. The summed E-state index contributed by atoms with van der Waals surface area (Å²) in [4.78, 5) is 20.6. The molecular formula is C6H8NO2. The first-order valence-corrected chi connectivity index (χ1v) is 2.48. The molecule has 0 bridgehead atoms. The maximum absolute atomic E-state index is 10.4. The van der Waals surface area contributed by atoms with Crippen molar-refractivity contribution < 1.29 is 9.59 Å². The zero-order valence-electron chi connectivity index (χ0n) is 5.18. The Morgan fingerprint density at radius 1 is 1.67 bits per heavy atom. The molecule has 49 valence electrons. The van der Waals surface area contributed by atoms with Gasteiger partial charge in [0.15, 0.2) is 0 Å². The van der Waals surface area contributed by atoms with Gasteiger partial charge in [-0.2, -0.15) is 0 Å². The van der Waals surface area contributed by atoms with Crippen molar-refractivity contribution in [1.82, 2.24) is 5.73 Å². The fourth-order valence-electron chi connectivity index (χ4n) is 0.458. The summed E-state index contributed by atoms with van der Waals surface area (Å²) in [5.41, 5.74) is 6.53. The second kappa shape index (κ2) is 3.02. The number of hydrogen-bond donors (Lipinski definition) is 0. The quantitative estimate of drug-likeness (QED) is 0.400.